The van der Waals surface area contributed by atoms with Gasteiger partial charge in [-0.25, -0.2) is 0 Å². The average Bonchev–Trinajstić information content (AvgIpc) is 3.54. The summed E-state index contributed by atoms with van der Waals surface area (Å²) < 4.78 is 6.69. The van der Waals surface area contributed by atoms with E-state index in [0.29, 0.717) is 12.0 Å². The number of pyridine rings is 1. The van der Waals surface area contributed by atoms with Gasteiger partial charge in [0.2, 0.25) is 0 Å². The topological polar surface area (TPSA) is 34.1 Å². The summed E-state index contributed by atoms with van der Waals surface area (Å²) in [4.78, 5) is 5.16. The van der Waals surface area contributed by atoms with Crippen molar-refractivity contribution >= 4 is 0 Å². The third kappa shape index (κ3) is 5.30. The lowest BCUT2D eigenvalue weighted by Crippen LogP contribution is -2.24. The maximum absolute atomic E-state index is 6.69. The summed E-state index contributed by atoms with van der Waals surface area (Å²) in [6, 6.07) is 17.8. The van der Waals surface area contributed by atoms with Crippen LogP contribution in [0.4, 0.5) is 0 Å². The minimum atomic E-state index is 0.333. The number of nitrogens with zero attached hydrogens (tertiary/aromatic N) is 1. The maximum atomic E-state index is 6.69. The summed E-state index contributed by atoms with van der Waals surface area (Å²) in [5.74, 6) is 1.71. The third-order valence-electron chi connectivity index (χ3n) is 8.01. The van der Waals surface area contributed by atoms with E-state index < -0.39 is 0 Å². The average molecular weight is 469 g/mol. The van der Waals surface area contributed by atoms with E-state index in [1.807, 2.05) is 0 Å². The maximum Gasteiger partial charge on any atom is 0.128 e. The third-order valence-corrected chi connectivity index (χ3v) is 8.01. The van der Waals surface area contributed by atoms with Gasteiger partial charge in [-0.1, -0.05) is 56.3 Å². The highest BCUT2D eigenvalue weighted by atomic mass is 16.5. The summed E-state index contributed by atoms with van der Waals surface area (Å²) in [7, 11) is 0. The van der Waals surface area contributed by atoms with Crippen molar-refractivity contribution in [3.8, 4) is 17.0 Å². The van der Waals surface area contributed by atoms with Gasteiger partial charge in [-0.05, 0) is 93.0 Å². The number of hydrogen-bond acceptors (Lipinski definition) is 3. The Hall–Kier alpha value is -2.65. The molecule has 0 aliphatic heterocycles. The number of ether oxygens (including phenoxy) is 1. The van der Waals surface area contributed by atoms with Gasteiger partial charge in [0.05, 0.1) is 11.8 Å². The van der Waals surface area contributed by atoms with Crippen LogP contribution in [0.3, 0.4) is 0 Å². The molecule has 2 aliphatic rings. The molecule has 0 amide bonds. The molecule has 1 N–H and O–H groups in total. The summed E-state index contributed by atoms with van der Waals surface area (Å²) in [5, 5.41) is 3.77. The van der Waals surface area contributed by atoms with Gasteiger partial charge in [-0.3, -0.25) is 4.98 Å². The molecule has 1 saturated carbocycles. The van der Waals surface area contributed by atoms with Crippen LogP contribution in [-0.2, 0) is 32.2 Å². The zero-order valence-corrected chi connectivity index (χ0v) is 21.7. The van der Waals surface area contributed by atoms with Gasteiger partial charge in [0.25, 0.3) is 0 Å². The highest BCUT2D eigenvalue weighted by Crippen LogP contribution is 2.35. The second kappa shape index (κ2) is 11.0. The van der Waals surface area contributed by atoms with Crippen LogP contribution in [0.15, 0.2) is 48.5 Å². The van der Waals surface area contributed by atoms with Crippen LogP contribution in [0.5, 0.6) is 5.75 Å². The molecule has 5 rings (SSSR count). The second-order valence-electron chi connectivity index (χ2n) is 10.4. The molecule has 0 saturated heterocycles. The predicted molar refractivity (Wildman–Crippen MR) is 145 cm³/mol. The van der Waals surface area contributed by atoms with E-state index in [1.54, 1.807) is 0 Å². The molecule has 0 spiro atoms. The van der Waals surface area contributed by atoms with Gasteiger partial charge in [-0.15, -0.1) is 0 Å². The first kappa shape index (κ1) is 24.1. The zero-order chi connectivity index (χ0) is 24.2. The first-order valence-electron chi connectivity index (χ1n) is 13.7. The molecule has 184 valence electrons. The zero-order valence-electron chi connectivity index (χ0n) is 21.7. The fraction of sp³-hybridized carbons (Fsp3) is 0.469. The molecule has 0 atom stereocenters. The fourth-order valence-corrected chi connectivity index (χ4v) is 6.07. The number of fused-ring (bicyclic) bond motifs is 1. The summed E-state index contributed by atoms with van der Waals surface area (Å²) in [6.07, 6.45) is 9.58. The van der Waals surface area contributed by atoms with Gasteiger partial charge >= 0.3 is 0 Å². The van der Waals surface area contributed by atoms with Crippen LogP contribution in [0.2, 0.25) is 0 Å². The molecule has 0 unspecified atom stereocenters. The highest BCUT2D eigenvalue weighted by molar-refractivity contribution is 5.70. The SMILES string of the molecule is CCc1cccc(CC)c1-c1cc(OC2CCCC2)c(CNCC2Cc3ccccc3C2)c(C)n1. The van der Waals surface area contributed by atoms with Gasteiger partial charge in [0.15, 0.2) is 0 Å². The normalized spacial score (nSPS) is 16.1. The predicted octanol–water partition coefficient (Wildman–Crippen LogP) is 7.01. The van der Waals surface area contributed by atoms with Crippen molar-refractivity contribution in [2.75, 3.05) is 6.54 Å². The quantitative estimate of drug-likeness (QED) is 0.367. The van der Waals surface area contributed by atoms with Crippen molar-refractivity contribution in [2.45, 2.75) is 84.8 Å². The van der Waals surface area contributed by atoms with Crippen LogP contribution in [0, 0.1) is 12.8 Å². The molecular weight excluding hydrogens is 428 g/mol. The Morgan fingerprint density at radius 3 is 2.20 bits per heavy atom. The molecule has 35 heavy (non-hydrogen) atoms. The lowest BCUT2D eigenvalue weighted by molar-refractivity contribution is 0.207. The Balaban J connectivity index is 1.39. The monoisotopic (exact) mass is 468 g/mol. The lowest BCUT2D eigenvalue weighted by atomic mass is 9.94. The molecule has 0 radical (unpaired) electrons. The molecule has 2 aliphatic carbocycles. The van der Waals surface area contributed by atoms with E-state index in [-0.39, 0.29) is 0 Å². The van der Waals surface area contributed by atoms with Crippen LogP contribution in [-0.4, -0.2) is 17.6 Å². The van der Waals surface area contributed by atoms with Gasteiger partial charge in [0, 0.05) is 29.4 Å². The van der Waals surface area contributed by atoms with Gasteiger partial charge in [-0.2, -0.15) is 0 Å². The molecule has 3 aromatic rings. The largest absolute Gasteiger partial charge is 0.490 e. The molecular formula is C32H40N2O. The molecule has 3 nitrogen and oxygen atoms in total. The van der Waals surface area contributed by atoms with Crippen LogP contribution in [0.1, 0.15) is 73.0 Å². The number of benzene rings is 2. The Kier molecular flexibility index (Phi) is 7.53. The smallest absolute Gasteiger partial charge is 0.128 e. The van der Waals surface area contributed by atoms with Crippen molar-refractivity contribution in [2.24, 2.45) is 5.92 Å². The van der Waals surface area contributed by atoms with E-state index in [4.69, 9.17) is 9.72 Å². The molecule has 1 heterocycles. The second-order valence-corrected chi connectivity index (χ2v) is 10.4. The van der Waals surface area contributed by atoms with Gasteiger partial charge in [0.1, 0.15) is 5.75 Å². The number of hydrogen-bond donors (Lipinski definition) is 1. The first-order valence-corrected chi connectivity index (χ1v) is 13.7. The van der Waals surface area contributed by atoms with E-state index in [1.165, 1.54) is 59.1 Å². The van der Waals surface area contributed by atoms with Crippen molar-refractivity contribution in [1.82, 2.24) is 10.3 Å². The van der Waals surface area contributed by atoms with Crippen molar-refractivity contribution in [3.63, 3.8) is 0 Å². The van der Waals surface area contributed by atoms with Crippen molar-refractivity contribution in [1.29, 1.82) is 0 Å². The fourth-order valence-electron chi connectivity index (χ4n) is 6.07. The van der Waals surface area contributed by atoms with E-state index >= 15 is 0 Å². The number of rotatable bonds is 9. The van der Waals surface area contributed by atoms with Crippen molar-refractivity contribution in [3.05, 3.63) is 82.0 Å². The molecule has 2 aromatic carbocycles. The molecule has 1 aromatic heterocycles. The van der Waals surface area contributed by atoms with E-state index in [2.05, 4.69) is 74.6 Å². The summed E-state index contributed by atoms with van der Waals surface area (Å²) in [6.45, 7) is 8.47. The Morgan fingerprint density at radius 2 is 1.57 bits per heavy atom. The molecule has 3 heteroatoms. The van der Waals surface area contributed by atoms with Crippen LogP contribution >= 0.6 is 0 Å². The highest BCUT2D eigenvalue weighted by Gasteiger charge is 2.23. The number of aryl methyl sites for hydroxylation is 3. The minimum Gasteiger partial charge on any atom is -0.490 e. The first-order chi connectivity index (χ1) is 17.2. The summed E-state index contributed by atoms with van der Waals surface area (Å²) >= 11 is 0. The molecule has 0 bridgehead atoms. The Labute approximate surface area is 211 Å². The van der Waals surface area contributed by atoms with Crippen LogP contribution in [0.25, 0.3) is 11.3 Å². The van der Waals surface area contributed by atoms with Crippen molar-refractivity contribution < 1.29 is 4.74 Å². The Morgan fingerprint density at radius 1 is 0.914 bits per heavy atom. The Bertz CT molecular complexity index is 1110. The molecule has 1 fully saturated rings. The standard InChI is InChI=1S/C32H40N2O/c1-4-24-13-10-14-25(5-2)32(24)30-19-31(35-28-15-8-9-16-28)29(22(3)34-30)21-33-20-23-17-26-11-6-7-12-27(26)18-23/h6-7,10-14,19,23,28,33H,4-5,8-9,15-18,20-21H2,1-3H3. The van der Waals surface area contributed by atoms with Crippen LogP contribution < -0.4 is 10.1 Å². The van der Waals surface area contributed by atoms with Gasteiger partial charge < -0.3 is 10.1 Å². The lowest BCUT2D eigenvalue weighted by Gasteiger charge is -2.21. The number of aromatic nitrogens is 1. The van der Waals surface area contributed by atoms with E-state index in [9.17, 15) is 0 Å². The minimum absolute atomic E-state index is 0.333. The van der Waals surface area contributed by atoms with E-state index in [0.717, 1.165) is 55.9 Å². The number of nitrogens with one attached hydrogen (secondary N) is 1. The summed E-state index contributed by atoms with van der Waals surface area (Å²) in [5.41, 5.74) is 10.5.